The van der Waals surface area contributed by atoms with E-state index >= 15 is 0 Å². The molecule has 5 heteroatoms. The summed E-state index contributed by atoms with van der Waals surface area (Å²) in [5.41, 5.74) is 6.39. The number of aryl methyl sites for hydroxylation is 1. The zero-order valence-corrected chi connectivity index (χ0v) is 10.6. The third-order valence-electron chi connectivity index (χ3n) is 2.67. The van der Waals surface area contributed by atoms with Crippen LogP contribution in [0.3, 0.4) is 0 Å². The first-order valence-corrected chi connectivity index (χ1v) is 5.81. The fraction of sp³-hybridized carbons (Fsp3) is 0.583. The van der Waals surface area contributed by atoms with Crippen LogP contribution in [0.5, 0.6) is 0 Å². The highest BCUT2D eigenvalue weighted by atomic mass is 16.1. The Labute approximate surface area is 102 Å². The van der Waals surface area contributed by atoms with Gasteiger partial charge in [-0.15, -0.1) is 0 Å². The van der Waals surface area contributed by atoms with Gasteiger partial charge in [-0.05, 0) is 18.9 Å². The van der Waals surface area contributed by atoms with Gasteiger partial charge in [0.2, 0.25) is 5.91 Å². The second-order valence-electron chi connectivity index (χ2n) is 4.40. The Bertz CT molecular complexity index is 379. The van der Waals surface area contributed by atoms with Crippen LogP contribution in [-0.2, 0) is 11.3 Å². The normalized spacial score (nSPS) is 12.5. The van der Waals surface area contributed by atoms with Gasteiger partial charge in [0.15, 0.2) is 0 Å². The summed E-state index contributed by atoms with van der Waals surface area (Å²) in [7, 11) is 0. The summed E-state index contributed by atoms with van der Waals surface area (Å²) in [5, 5.41) is 2.85. The van der Waals surface area contributed by atoms with E-state index in [1.54, 1.807) is 12.3 Å². The summed E-state index contributed by atoms with van der Waals surface area (Å²) in [6.07, 6.45) is 1.69. The average molecular weight is 236 g/mol. The van der Waals surface area contributed by atoms with E-state index in [1.807, 2.05) is 20.8 Å². The summed E-state index contributed by atoms with van der Waals surface area (Å²) in [6, 6.07) is 1.79. The number of hydrogen-bond donors (Lipinski definition) is 2. The molecule has 1 unspecified atom stereocenters. The monoisotopic (exact) mass is 236 g/mol. The molecular formula is C12H20N4O. The number of rotatable bonds is 5. The van der Waals surface area contributed by atoms with Crippen molar-refractivity contribution < 1.29 is 4.79 Å². The lowest BCUT2D eigenvalue weighted by Crippen LogP contribution is -2.37. The van der Waals surface area contributed by atoms with Crippen LogP contribution in [0.25, 0.3) is 0 Å². The zero-order chi connectivity index (χ0) is 12.8. The molecule has 0 saturated carbocycles. The molecule has 1 heterocycles. The van der Waals surface area contributed by atoms with Gasteiger partial charge in [0.1, 0.15) is 5.82 Å². The largest absolute Gasteiger partial charge is 0.350 e. The molecule has 0 bridgehead atoms. The highest BCUT2D eigenvalue weighted by molar-refractivity contribution is 5.79. The highest BCUT2D eigenvalue weighted by Crippen LogP contribution is 2.09. The molecule has 1 rings (SSSR count). The predicted octanol–water partition coefficient (Wildman–Crippen LogP) is 0.632. The minimum Gasteiger partial charge on any atom is -0.350 e. The molecule has 0 aliphatic heterocycles. The minimum atomic E-state index is -0.141. The fourth-order valence-corrected chi connectivity index (χ4v) is 1.59. The van der Waals surface area contributed by atoms with Crippen molar-refractivity contribution in [3.05, 3.63) is 23.8 Å². The molecule has 1 aromatic rings. The van der Waals surface area contributed by atoms with Crippen molar-refractivity contribution in [2.75, 3.05) is 6.54 Å². The van der Waals surface area contributed by atoms with Crippen LogP contribution in [0.2, 0.25) is 0 Å². The highest BCUT2D eigenvalue weighted by Gasteiger charge is 2.19. The summed E-state index contributed by atoms with van der Waals surface area (Å²) >= 11 is 0. The number of hydrogen-bond acceptors (Lipinski definition) is 4. The van der Waals surface area contributed by atoms with Crippen LogP contribution in [0.4, 0.5) is 0 Å². The van der Waals surface area contributed by atoms with Crippen LogP contribution >= 0.6 is 0 Å². The standard InChI is InChI=1S/C12H20N4O/c1-8(2)11(6-13)12(17)15-7-10-4-5-14-9(3)16-10/h4-5,8,11H,6-7,13H2,1-3H3,(H,15,17). The molecule has 0 fully saturated rings. The number of nitrogens with zero attached hydrogens (tertiary/aromatic N) is 2. The quantitative estimate of drug-likeness (QED) is 0.785. The first-order valence-electron chi connectivity index (χ1n) is 5.81. The van der Waals surface area contributed by atoms with Gasteiger partial charge < -0.3 is 11.1 Å². The maximum absolute atomic E-state index is 11.8. The zero-order valence-electron chi connectivity index (χ0n) is 10.6. The summed E-state index contributed by atoms with van der Waals surface area (Å²) < 4.78 is 0. The van der Waals surface area contributed by atoms with E-state index < -0.39 is 0 Å². The lowest BCUT2D eigenvalue weighted by atomic mass is 9.95. The summed E-state index contributed by atoms with van der Waals surface area (Å²) in [5.74, 6) is 0.791. The molecule has 94 valence electrons. The lowest BCUT2D eigenvalue weighted by molar-refractivity contribution is -0.126. The van der Waals surface area contributed by atoms with Crippen LogP contribution in [0.1, 0.15) is 25.4 Å². The Kier molecular flexibility index (Phi) is 5.03. The molecule has 0 radical (unpaired) electrons. The van der Waals surface area contributed by atoms with Crippen LogP contribution in [0.15, 0.2) is 12.3 Å². The molecule has 1 aromatic heterocycles. The van der Waals surface area contributed by atoms with Gasteiger partial charge in [-0.3, -0.25) is 4.79 Å². The molecule has 0 aromatic carbocycles. The smallest absolute Gasteiger partial charge is 0.224 e. The van der Waals surface area contributed by atoms with Crippen molar-refractivity contribution in [2.24, 2.45) is 17.6 Å². The number of nitrogens with two attached hydrogens (primary N) is 1. The molecule has 17 heavy (non-hydrogen) atoms. The average Bonchev–Trinajstić information content (AvgIpc) is 2.27. The van der Waals surface area contributed by atoms with Gasteiger partial charge in [0.05, 0.1) is 18.2 Å². The van der Waals surface area contributed by atoms with Crippen LogP contribution in [0, 0.1) is 18.8 Å². The topological polar surface area (TPSA) is 80.9 Å². The molecule has 1 amide bonds. The molecule has 0 aliphatic carbocycles. The summed E-state index contributed by atoms with van der Waals surface area (Å²) in [6.45, 7) is 6.59. The van der Waals surface area contributed by atoms with E-state index in [0.717, 1.165) is 5.69 Å². The van der Waals surface area contributed by atoms with Gasteiger partial charge >= 0.3 is 0 Å². The van der Waals surface area contributed by atoms with E-state index in [0.29, 0.717) is 18.9 Å². The fourth-order valence-electron chi connectivity index (χ4n) is 1.59. The van der Waals surface area contributed by atoms with Crippen LogP contribution < -0.4 is 11.1 Å². The van der Waals surface area contributed by atoms with Crippen molar-refractivity contribution in [1.82, 2.24) is 15.3 Å². The maximum atomic E-state index is 11.8. The third-order valence-corrected chi connectivity index (χ3v) is 2.67. The minimum absolute atomic E-state index is 0.0150. The predicted molar refractivity (Wildman–Crippen MR) is 66.0 cm³/mol. The second kappa shape index (κ2) is 6.30. The van der Waals surface area contributed by atoms with Crippen LogP contribution in [-0.4, -0.2) is 22.4 Å². The van der Waals surface area contributed by atoms with Gasteiger partial charge in [0, 0.05) is 12.7 Å². The number of carbonyl (C=O) groups excluding carboxylic acids is 1. The van der Waals surface area contributed by atoms with Gasteiger partial charge in [0.25, 0.3) is 0 Å². The van der Waals surface area contributed by atoms with Crippen molar-refractivity contribution in [2.45, 2.75) is 27.3 Å². The molecule has 3 N–H and O–H groups in total. The van der Waals surface area contributed by atoms with Gasteiger partial charge in [-0.1, -0.05) is 13.8 Å². The van der Waals surface area contributed by atoms with E-state index in [1.165, 1.54) is 0 Å². The summed E-state index contributed by atoms with van der Waals surface area (Å²) in [4.78, 5) is 20.1. The van der Waals surface area contributed by atoms with Crippen molar-refractivity contribution in [1.29, 1.82) is 0 Å². The second-order valence-corrected chi connectivity index (χ2v) is 4.40. The molecule has 0 saturated heterocycles. The van der Waals surface area contributed by atoms with E-state index in [4.69, 9.17) is 5.73 Å². The van der Waals surface area contributed by atoms with Crippen molar-refractivity contribution >= 4 is 5.91 Å². The third kappa shape index (κ3) is 4.11. The Balaban J connectivity index is 2.53. The van der Waals surface area contributed by atoms with Gasteiger partial charge in [-0.2, -0.15) is 0 Å². The molecule has 1 atom stereocenters. The Morgan fingerprint density at radius 3 is 2.76 bits per heavy atom. The lowest BCUT2D eigenvalue weighted by Gasteiger charge is -2.18. The number of nitrogens with one attached hydrogen (secondary N) is 1. The molecule has 0 spiro atoms. The molecule has 0 aliphatic rings. The van der Waals surface area contributed by atoms with E-state index in [2.05, 4.69) is 15.3 Å². The number of aromatic nitrogens is 2. The Morgan fingerprint density at radius 1 is 1.53 bits per heavy atom. The first kappa shape index (κ1) is 13.6. The van der Waals surface area contributed by atoms with E-state index in [-0.39, 0.29) is 17.7 Å². The Hall–Kier alpha value is -1.49. The Morgan fingerprint density at radius 2 is 2.24 bits per heavy atom. The molecular weight excluding hydrogens is 216 g/mol. The first-order chi connectivity index (χ1) is 8.04. The van der Waals surface area contributed by atoms with E-state index in [9.17, 15) is 4.79 Å². The van der Waals surface area contributed by atoms with Crippen molar-refractivity contribution in [3.8, 4) is 0 Å². The SMILES string of the molecule is Cc1nccc(CNC(=O)C(CN)C(C)C)n1. The number of carbonyl (C=O) groups is 1. The number of amides is 1. The molecule has 5 nitrogen and oxygen atoms in total. The van der Waals surface area contributed by atoms with Crippen molar-refractivity contribution in [3.63, 3.8) is 0 Å². The maximum Gasteiger partial charge on any atom is 0.224 e. The van der Waals surface area contributed by atoms with Gasteiger partial charge in [-0.25, -0.2) is 9.97 Å².